The van der Waals surface area contributed by atoms with Gasteiger partial charge < -0.3 is 19.1 Å². The van der Waals surface area contributed by atoms with Crippen molar-refractivity contribution >= 4 is 28.6 Å². The van der Waals surface area contributed by atoms with Gasteiger partial charge in [-0.2, -0.15) is 0 Å². The van der Waals surface area contributed by atoms with E-state index >= 15 is 0 Å². The Morgan fingerprint density at radius 2 is 1.96 bits per heavy atom. The van der Waals surface area contributed by atoms with Gasteiger partial charge in [0.15, 0.2) is 5.78 Å². The molecule has 0 aliphatic carbocycles. The van der Waals surface area contributed by atoms with Crippen molar-refractivity contribution in [3.63, 3.8) is 0 Å². The molecule has 0 spiro atoms. The van der Waals surface area contributed by atoms with Crippen LogP contribution in [0.3, 0.4) is 0 Å². The fourth-order valence-electron chi connectivity index (χ4n) is 3.37. The van der Waals surface area contributed by atoms with Gasteiger partial charge >= 0.3 is 11.9 Å². The predicted octanol–water partition coefficient (Wildman–Crippen LogP) is 2.97. The van der Waals surface area contributed by atoms with Crippen LogP contribution in [0.15, 0.2) is 30.5 Å². The Labute approximate surface area is 156 Å². The number of unbranched alkanes of at least 4 members (excludes halogenated alkanes) is 1. The highest BCUT2D eigenvalue weighted by atomic mass is 16.6. The van der Waals surface area contributed by atoms with Crippen molar-refractivity contribution < 1.29 is 29.0 Å². The summed E-state index contributed by atoms with van der Waals surface area (Å²) >= 11 is 0. The Morgan fingerprint density at radius 1 is 1.22 bits per heavy atom. The predicted molar refractivity (Wildman–Crippen MR) is 97.8 cm³/mol. The van der Waals surface area contributed by atoms with E-state index in [0.29, 0.717) is 25.7 Å². The highest BCUT2D eigenvalue weighted by Gasteiger charge is 2.48. The average molecular weight is 373 g/mol. The summed E-state index contributed by atoms with van der Waals surface area (Å²) in [5, 5.41) is 9.94. The van der Waals surface area contributed by atoms with Gasteiger partial charge in [0.25, 0.3) is 0 Å². The molecule has 1 aliphatic rings. The van der Waals surface area contributed by atoms with E-state index in [-0.39, 0.29) is 29.5 Å². The van der Waals surface area contributed by atoms with Crippen LogP contribution in [0.25, 0.3) is 10.9 Å². The van der Waals surface area contributed by atoms with Crippen LogP contribution in [-0.4, -0.2) is 46.7 Å². The monoisotopic (exact) mass is 373 g/mol. The van der Waals surface area contributed by atoms with Crippen molar-refractivity contribution in [3.8, 4) is 0 Å². The Hall–Kier alpha value is -2.67. The molecule has 7 nitrogen and oxygen atoms in total. The molecule has 3 atom stereocenters. The minimum Gasteiger partial charge on any atom is -0.478 e. The van der Waals surface area contributed by atoms with E-state index in [2.05, 4.69) is 4.74 Å². The van der Waals surface area contributed by atoms with Crippen LogP contribution < -0.4 is 0 Å². The summed E-state index contributed by atoms with van der Waals surface area (Å²) in [6.07, 6.45) is 3.27. The lowest BCUT2D eigenvalue weighted by molar-refractivity contribution is -0.140. The molecule has 3 rings (SSSR count). The number of aromatic nitrogens is 1. The van der Waals surface area contributed by atoms with Gasteiger partial charge in [0.05, 0.1) is 18.7 Å². The molecule has 7 heteroatoms. The molecule has 0 amide bonds. The van der Waals surface area contributed by atoms with E-state index in [4.69, 9.17) is 9.84 Å². The number of benzene rings is 1. The molecule has 1 aliphatic heterocycles. The first-order valence-electron chi connectivity index (χ1n) is 9.01. The fraction of sp³-hybridized carbons (Fsp3) is 0.450. The number of methoxy groups -OCH3 is 1. The summed E-state index contributed by atoms with van der Waals surface area (Å²) in [7, 11) is 1.35. The second-order valence-electron chi connectivity index (χ2n) is 6.81. The first-order valence-corrected chi connectivity index (χ1v) is 9.01. The summed E-state index contributed by atoms with van der Waals surface area (Å²) in [4.78, 5) is 34.4. The van der Waals surface area contributed by atoms with Crippen molar-refractivity contribution in [1.29, 1.82) is 0 Å². The van der Waals surface area contributed by atoms with Crippen molar-refractivity contribution in [3.05, 3.63) is 36.0 Å². The zero-order chi connectivity index (χ0) is 19.6. The summed E-state index contributed by atoms with van der Waals surface area (Å²) < 4.78 is 12.2. The third kappa shape index (κ3) is 4.19. The lowest BCUT2D eigenvalue weighted by Gasteiger charge is -2.13. The number of hydrogen-bond donors (Lipinski definition) is 1. The maximum absolute atomic E-state index is 12.3. The standard InChI is InChI=1S/C20H23NO6/c1-12(18-19(27-18)16(22)5-3-4-6-17(23)26-2)21-10-9-13-11-14(20(24)25)7-8-15(13)21/h7-12,18-19H,3-6H2,1-2H3,(H,24,25). The van der Waals surface area contributed by atoms with Gasteiger partial charge in [-0.1, -0.05) is 0 Å². The molecule has 1 fully saturated rings. The van der Waals surface area contributed by atoms with E-state index in [9.17, 15) is 14.4 Å². The van der Waals surface area contributed by atoms with E-state index in [1.165, 1.54) is 7.11 Å². The largest absolute Gasteiger partial charge is 0.478 e. The SMILES string of the molecule is COC(=O)CCCCC(=O)C1OC1C(C)n1ccc2cc(C(=O)O)ccc21. The lowest BCUT2D eigenvalue weighted by atomic mass is 10.0. The van der Waals surface area contributed by atoms with Gasteiger partial charge in [-0.3, -0.25) is 9.59 Å². The van der Waals surface area contributed by atoms with Crippen LogP contribution in [0.1, 0.15) is 49.0 Å². The number of ketones is 1. The first-order chi connectivity index (χ1) is 12.9. The lowest BCUT2D eigenvalue weighted by Crippen LogP contribution is -2.17. The maximum Gasteiger partial charge on any atom is 0.335 e. The minimum atomic E-state index is -0.957. The van der Waals surface area contributed by atoms with Crippen LogP contribution in [0.5, 0.6) is 0 Å². The van der Waals surface area contributed by atoms with Gasteiger partial charge in [-0.25, -0.2) is 4.79 Å². The van der Waals surface area contributed by atoms with Crippen LogP contribution >= 0.6 is 0 Å². The molecule has 3 unspecified atom stereocenters. The van der Waals surface area contributed by atoms with Crippen molar-refractivity contribution in [2.24, 2.45) is 0 Å². The molecule has 0 saturated carbocycles. The van der Waals surface area contributed by atoms with Crippen LogP contribution in [0.4, 0.5) is 0 Å². The Morgan fingerprint density at radius 3 is 2.67 bits per heavy atom. The van der Waals surface area contributed by atoms with Crippen molar-refractivity contribution in [2.45, 2.75) is 50.9 Å². The van der Waals surface area contributed by atoms with E-state index in [1.807, 2.05) is 23.8 Å². The molecule has 1 N–H and O–H groups in total. The second kappa shape index (κ2) is 7.92. The molecule has 1 aromatic carbocycles. The summed E-state index contributed by atoms with van der Waals surface area (Å²) in [6.45, 7) is 1.99. The number of carbonyl (C=O) groups is 3. The fourth-order valence-corrected chi connectivity index (χ4v) is 3.37. The number of ether oxygens (including phenoxy) is 2. The first kappa shape index (κ1) is 19.1. The zero-order valence-corrected chi connectivity index (χ0v) is 15.4. The zero-order valence-electron chi connectivity index (χ0n) is 15.4. The number of aromatic carboxylic acids is 1. The number of esters is 1. The Bertz CT molecular complexity index is 870. The van der Waals surface area contributed by atoms with Gasteiger partial charge in [0.2, 0.25) is 0 Å². The number of fused-ring (bicyclic) bond motifs is 1. The molecule has 0 bridgehead atoms. The van der Waals surface area contributed by atoms with Crippen molar-refractivity contribution in [1.82, 2.24) is 4.57 Å². The number of carboxylic acids is 1. The second-order valence-corrected chi connectivity index (χ2v) is 6.81. The van der Waals surface area contributed by atoms with Crippen LogP contribution in [0, 0.1) is 0 Å². The molecular formula is C20H23NO6. The molecule has 1 aromatic heterocycles. The number of nitrogens with zero attached hydrogens (tertiary/aromatic N) is 1. The van der Waals surface area contributed by atoms with Crippen LogP contribution in [0.2, 0.25) is 0 Å². The van der Waals surface area contributed by atoms with Gasteiger partial charge in [0.1, 0.15) is 12.2 Å². The Kier molecular flexibility index (Phi) is 5.60. The molecule has 2 aromatic rings. The number of Topliss-reactive ketones (excluding diaryl/α,β-unsaturated/α-hetero) is 1. The third-order valence-electron chi connectivity index (χ3n) is 5.01. The molecule has 144 valence electrons. The summed E-state index contributed by atoms with van der Waals surface area (Å²) in [5.74, 6) is -1.16. The van der Waals surface area contributed by atoms with E-state index < -0.39 is 12.1 Å². The highest BCUT2D eigenvalue weighted by molar-refractivity contribution is 5.93. The van der Waals surface area contributed by atoms with Gasteiger partial charge in [-0.05, 0) is 44.0 Å². The normalized spacial score (nSPS) is 19.6. The quantitative estimate of drug-likeness (QED) is 0.412. The number of carbonyl (C=O) groups excluding carboxylic acids is 2. The summed E-state index contributed by atoms with van der Waals surface area (Å²) in [5.41, 5.74) is 1.16. The van der Waals surface area contributed by atoms with Crippen LogP contribution in [-0.2, 0) is 19.1 Å². The Balaban J connectivity index is 1.57. The minimum absolute atomic E-state index is 0.0396. The summed E-state index contributed by atoms with van der Waals surface area (Å²) in [6, 6.07) is 6.82. The molecule has 0 radical (unpaired) electrons. The number of rotatable bonds is 9. The van der Waals surface area contributed by atoms with Gasteiger partial charge in [0, 0.05) is 29.9 Å². The smallest absolute Gasteiger partial charge is 0.335 e. The number of carboxylic acid groups (broad SMARTS) is 1. The maximum atomic E-state index is 12.3. The number of hydrogen-bond acceptors (Lipinski definition) is 5. The molecule has 2 heterocycles. The molecule has 27 heavy (non-hydrogen) atoms. The van der Waals surface area contributed by atoms with E-state index in [0.717, 1.165) is 10.9 Å². The van der Waals surface area contributed by atoms with Crippen molar-refractivity contribution in [2.75, 3.05) is 7.11 Å². The van der Waals surface area contributed by atoms with E-state index in [1.54, 1.807) is 18.2 Å². The number of epoxide rings is 1. The average Bonchev–Trinajstić information content (AvgIpc) is 3.36. The highest BCUT2D eigenvalue weighted by Crippen LogP contribution is 2.36. The topological polar surface area (TPSA) is 98.1 Å². The third-order valence-corrected chi connectivity index (χ3v) is 5.01. The molecule has 1 saturated heterocycles. The van der Waals surface area contributed by atoms with Gasteiger partial charge in [-0.15, -0.1) is 0 Å². The molecular weight excluding hydrogens is 350 g/mol.